The maximum absolute atomic E-state index is 12.1. The molecule has 0 saturated carbocycles. The van der Waals surface area contributed by atoms with Crippen LogP contribution in [0, 0.1) is 0 Å². The molecule has 12 nitrogen and oxygen atoms in total. The molecule has 2 saturated heterocycles. The van der Waals surface area contributed by atoms with Gasteiger partial charge in [0.15, 0.2) is 0 Å². The van der Waals surface area contributed by atoms with Crippen molar-refractivity contribution in [2.45, 2.75) is 59.4 Å². The quantitative estimate of drug-likeness (QED) is 0.376. The fourth-order valence-corrected chi connectivity index (χ4v) is 4.84. The minimum absolute atomic E-state index is 0.154. The molecule has 0 unspecified atom stereocenters. The van der Waals surface area contributed by atoms with Crippen LogP contribution in [0.25, 0.3) is 0 Å². The zero-order valence-electron chi connectivity index (χ0n) is 28.4. The van der Waals surface area contributed by atoms with Crippen LogP contribution in [-0.4, -0.2) is 101 Å². The van der Waals surface area contributed by atoms with Gasteiger partial charge < -0.3 is 38.9 Å². The Morgan fingerprint density at radius 2 is 1.13 bits per heavy atom. The van der Waals surface area contributed by atoms with Crippen LogP contribution in [0.5, 0.6) is 11.5 Å². The van der Waals surface area contributed by atoms with Gasteiger partial charge in [0.1, 0.15) is 40.9 Å². The average molecular weight is 649 g/mol. The summed E-state index contributed by atoms with van der Waals surface area (Å²) in [6.45, 7) is 17.1. The summed E-state index contributed by atoms with van der Waals surface area (Å²) in [7, 11) is 0. The van der Waals surface area contributed by atoms with Gasteiger partial charge in [0, 0.05) is 52.4 Å². The van der Waals surface area contributed by atoms with E-state index in [2.05, 4.69) is 19.8 Å². The Labute approximate surface area is 277 Å². The molecule has 1 N–H and O–H groups in total. The molecule has 0 atom stereocenters. The van der Waals surface area contributed by atoms with E-state index in [-0.39, 0.29) is 17.9 Å². The SMILES string of the molecule is CC(C)(C)OC(=O)N1CCN(c2ccc(O)cn2)CC1.CC(C)(C)OC(=O)N1CCN(c2ccc(OCc3ccccc3)cn2)CC1. The molecule has 254 valence electrons. The minimum atomic E-state index is -0.467. The first-order valence-corrected chi connectivity index (χ1v) is 16.0. The van der Waals surface area contributed by atoms with Gasteiger partial charge in [-0.2, -0.15) is 0 Å². The molecule has 0 spiro atoms. The number of nitrogens with zero attached hydrogens (tertiary/aromatic N) is 6. The van der Waals surface area contributed by atoms with Gasteiger partial charge in [0.25, 0.3) is 0 Å². The summed E-state index contributed by atoms with van der Waals surface area (Å²) in [5.41, 5.74) is 0.192. The second-order valence-corrected chi connectivity index (χ2v) is 13.4. The predicted molar refractivity (Wildman–Crippen MR) is 181 cm³/mol. The van der Waals surface area contributed by atoms with Crippen molar-refractivity contribution in [1.29, 1.82) is 0 Å². The van der Waals surface area contributed by atoms with E-state index in [4.69, 9.17) is 14.2 Å². The van der Waals surface area contributed by atoms with Crippen molar-refractivity contribution in [2.24, 2.45) is 0 Å². The summed E-state index contributed by atoms with van der Waals surface area (Å²) < 4.78 is 16.6. The maximum Gasteiger partial charge on any atom is 0.410 e. The van der Waals surface area contributed by atoms with Crippen LogP contribution in [0.3, 0.4) is 0 Å². The number of amides is 2. The van der Waals surface area contributed by atoms with Crippen molar-refractivity contribution >= 4 is 23.8 Å². The van der Waals surface area contributed by atoms with Gasteiger partial charge in [-0.15, -0.1) is 0 Å². The molecule has 2 aliphatic rings. The largest absolute Gasteiger partial charge is 0.506 e. The second-order valence-electron chi connectivity index (χ2n) is 13.4. The van der Waals surface area contributed by atoms with Gasteiger partial charge in [-0.05, 0) is 71.4 Å². The number of benzene rings is 1. The van der Waals surface area contributed by atoms with Crippen molar-refractivity contribution in [3.63, 3.8) is 0 Å². The van der Waals surface area contributed by atoms with Gasteiger partial charge >= 0.3 is 12.2 Å². The highest BCUT2D eigenvalue weighted by Crippen LogP contribution is 2.20. The number of rotatable bonds is 5. The summed E-state index contributed by atoms with van der Waals surface area (Å²) in [6, 6.07) is 17.3. The summed E-state index contributed by atoms with van der Waals surface area (Å²) in [5, 5.41) is 9.23. The van der Waals surface area contributed by atoms with E-state index in [1.165, 1.54) is 6.20 Å². The van der Waals surface area contributed by atoms with E-state index in [0.717, 1.165) is 36.0 Å². The van der Waals surface area contributed by atoms with Gasteiger partial charge in [0.05, 0.1) is 12.4 Å². The smallest absolute Gasteiger partial charge is 0.410 e. The molecule has 0 bridgehead atoms. The van der Waals surface area contributed by atoms with Crippen molar-refractivity contribution in [3.8, 4) is 11.5 Å². The van der Waals surface area contributed by atoms with Gasteiger partial charge in [-0.25, -0.2) is 19.6 Å². The third-order valence-corrected chi connectivity index (χ3v) is 7.21. The molecule has 0 aliphatic carbocycles. The van der Waals surface area contributed by atoms with Crippen molar-refractivity contribution < 1.29 is 28.9 Å². The molecular weight excluding hydrogens is 600 g/mol. The summed E-state index contributed by atoms with van der Waals surface area (Å²) in [6.07, 6.45) is 2.66. The van der Waals surface area contributed by atoms with E-state index in [1.807, 2.05) is 84.0 Å². The van der Waals surface area contributed by atoms with Gasteiger partial charge in [0.2, 0.25) is 0 Å². The van der Waals surface area contributed by atoms with Gasteiger partial charge in [-0.3, -0.25) is 0 Å². The van der Waals surface area contributed by atoms with Crippen molar-refractivity contribution in [2.75, 3.05) is 62.2 Å². The first kappa shape index (κ1) is 35.1. The fourth-order valence-electron chi connectivity index (χ4n) is 4.84. The monoisotopic (exact) mass is 648 g/mol. The zero-order chi connectivity index (χ0) is 34.0. The number of anilines is 2. The number of carbonyl (C=O) groups excluding carboxylic acids is 2. The Kier molecular flexibility index (Phi) is 11.7. The highest BCUT2D eigenvalue weighted by atomic mass is 16.6. The molecule has 47 heavy (non-hydrogen) atoms. The number of piperazine rings is 2. The third kappa shape index (κ3) is 11.5. The van der Waals surface area contributed by atoms with E-state index in [1.54, 1.807) is 28.1 Å². The number of carbonyl (C=O) groups is 2. The van der Waals surface area contributed by atoms with Crippen LogP contribution >= 0.6 is 0 Å². The predicted octanol–water partition coefficient (Wildman–Crippen LogP) is 5.56. The molecule has 2 aromatic heterocycles. The first-order chi connectivity index (χ1) is 22.3. The van der Waals surface area contributed by atoms with Crippen LogP contribution < -0.4 is 14.5 Å². The zero-order valence-corrected chi connectivity index (χ0v) is 28.4. The van der Waals surface area contributed by atoms with E-state index >= 15 is 0 Å². The molecule has 4 heterocycles. The van der Waals surface area contributed by atoms with Crippen LogP contribution in [0.4, 0.5) is 21.2 Å². The standard InChI is InChI=1S/C21H27N3O3.C14H21N3O3/c1-21(2,3)27-20(25)24-13-11-23(12-14-24)19-10-9-18(15-22-19)26-16-17-7-5-4-6-8-17;1-14(2,3)20-13(19)17-8-6-16(7-9-17)12-5-4-11(18)10-15-12/h4-10,15H,11-14,16H2,1-3H3;4-5,10,18H,6-9H2,1-3H3. The summed E-state index contributed by atoms with van der Waals surface area (Å²) in [4.78, 5) is 40.5. The Bertz CT molecular complexity index is 1410. The lowest BCUT2D eigenvalue weighted by Crippen LogP contribution is -2.50. The fraction of sp³-hybridized carbons (Fsp3) is 0.486. The molecule has 1 aromatic carbocycles. The minimum Gasteiger partial charge on any atom is -0.506 e. The van der Waals surface area contributed by atoms with Gasteiger partial charge in [-0.1, -0.05) is 30.3 Å². The number of hydrogen-bond donors (Lipinski definition) is 1. The Morgan fingerprint density at radius 3 is 1.53 bits per heavy atom. The van der Waals surface area contributed by atoms with Crippen LogP contribution in [0.15, 0.2) is 67.0 Å². The Hall–Kier alpha value is -4.74. The molecule has 2 fully saturated rings. The first-order valence-electron chi connectivity index (χ1n) is 16.0. The topological polar surface area (TPSA) is 121 Å². The summed E-state index contributed by atoms with van der Waals surface area (Å²) in [5.74, 6) is 2.61. The van der Waals surface area contributed by atoms with E-state index in [0.29, 0.717) is 45.9 Å². The lowest BCUT2D eigenvalue weighted by molar-refractivity contribution is 0.0230. The number of pyridine rings is 2. The molecule has 2 aliphatic heterocycles. The normalized spacial score (nSPS) is 15.4. The van der Waals surface area contributed by atoms with Crippen molar-refractivity contribution in [3.05, 3.63) is 72.6 Å². The molecule has 2 amide bonds. The molecule has 12 heteroatoms. The number of aromatic nitrogens is 2. The Balaban J connectivity index is 0.000000223. The molecular formula is C35H48N6O6. The average Bonchev–Trinajstić information content (AvgIpc) is 3.04. The number of ether oxygens (including phenoxy) is 3. The summed E-state index contributed by atoms with van der Waals surface area (Å²) >= 11 is 0. The second kappa shape index (κ2) is 15.7. The molecule has 3 aromatic rings. The van der Waals surface area contributed by atoms with Crippen LogP contribution in [-0.2, 0) is 16.1 Å². The van der Waals surface area contributed by atoms with Crippen LogP contribution in [0.1, 0.15) is 47.1 Å². The number of aromatic hydroxyl groups is 1. The van der Waals surface area contributed by atoms with Crippen LogP contribution in [0.2, 0.25) is 0 Å². The van der Waals surface area contributed by atoms with E-state index in [9.17, 15) is 14.7 Å². The Morgan fingerprint density at radius 1 is 0.660 bits per heavy atom. The highest BCUT2D eigenvalue weighted by Gasteiger charge is 2.27. The molecule has 5 rings (SSSR count). The lowest BCUT2D eigenvalue weighted by Gasteiger charge is -2.36. The third-order valence-electron chi connectivity index (χ3n) is 7.21. The highest BCUT2D eigenvalue weighted by molar-refractivity contribution is 5.69. The van der Waals surface area contributed by atoms with Crippen molar-refractivity contribution in [1.82, 2.24) is 19.8 Å². The van der Waals surface area contributed by atoms with E-state index < -0.39 is 11.2 Å². The molecule has 0 radical (unpaired) electrons. The maximum atomic E-state index is 12.1. The number of hydrogen-bond acceptors (Lipinski definition) is 10. The lowest BCUT2D eigenvalue weighted by atomic mass is 10.2.